The summed E-state index contributed by atoms with van der Waals surface area (Å²) in [5.41, 5.74) is 3.01. The molecular formula is C31H47N3O5. The molecule has 1 aromatic carbocycles. The molecule has 1 aliphatic heterocycles. The number of hydrogen-bond acceptors (Lipinski definition) is 6. The number of carboxylic acids is 1. The molecule has 3 N–H and O–H groups in total. The highest BCUT2D eigenvalue weighted by molar-refractivity contribution is 5.76. The predicted octanol–water partition coefficient (Wildman–Crippen LogP) is 5.18. The van der Waals surface area contributed by atoms with Crippen LogP contribution in [0.3, 0.4) is 0 Å². The summed E-state index contributed by atoms with van der Waals surface area (Å²) >= 11 is 0. The second kappa shape index (κ2) is 17.5. The quantitative estimate of drug-likeness (QED) is 0.299. The van der Waals surface area contributed by atoms with E-state index in [1.54, 1.807) is 18.2 Å². The van der Waals surface area contributed by atoms with Gasteiger partial charge in [-0.05, 0) is 93.3 Å². The number of nitrogens with zero attached hydrogens (tertiary/aromatic N) is 2. The summed E-state index contributed by atoms with van der Waals surface area (Å²) in [4.78, 5) is 30.8. The van der Waals surface area contributed by atoms with Crippen LogP contribution < -0.4 is 10.1 Å². The predicted molar refractivity (Wildman–Crippen MR) is 154 cm³/mol. The Bertz CT molecular complexity index is 1000. The maximum Gasteiger partial charge on any atom is 0.303 e. The Morgan fingerprint density at radius 2 is 1.87 bits per heavy atom. The van der Waals surface area contributed by atoms with Gasteiger partial charge in [0.25, 0.3) is 0 Å². The Labute approximate surface area is 233 Å². The number of rotatable bonds is 13. The number of amides is 1. The fourth-order valence-electron chi connectivity index (χ4n) is 4.93. The van der Waals surface area contributed by atoms with Crippen molar-refractivity contribution in [3.05, 3.63) is 53.3 Å². The molecule has 1 aliphatic rings. The zero-order valence-corrected chi connectivity index (χ0v) is 24.1. The van der Waals surface area contributed by atoms with Crippen LogP contribution in [0.2, 0.25) is 0 Å². The summed E-state index contributed by atoms with van der Waals surface area (Å²) < 4.78 is 5.20. The van der Waals surface area contributed by atoms with Crippen molar-refractivity contribution < 1.29 is 24.5 Å². The SMILES string of the molecule is CCC.CNCCCc1ccc(CCC(=O)N2CCC(CC(CC(=O)O)c3ccc(O)c(OC)c3)CC2)nc1. The normalized spacial score (nSPS) is 14.3. The van der Waals surface area contributed by atoms with Gasteiger partial charge in [-0.1, -0.05) is 32.4 Å². The lowest BCUT2D eigenvalue weighted by Crippen LogP contribution is -2.39. The third kappa shape index (κ3) is 11.2. The summed E-state index contributed by atoms with van der Waals surface area (Å²) in [7, 11) is 3.43. The van der Waals surface area contributed by atoms with Crippen molar-refractivity contribution in [2.75, 3.05) is 33.8 Å². The Kier molecular flexibility index (Phi) is 14.4. The number of hydrogen-bond donors (Lipinski definition) is 3. The molecule has 0 spiro atoms. The van der Waals surface area contributed by atoms with E-state index in [-0.39, 0.29) is 24.0 Å². The van der Waals surface area contributed by atoms with Crippen molar-refractivity contribution >= 4 is 11.9 Å². The molecule has 1 saturated heterocycles. The molecule has 1 aromatic heterocycles. The topological polar surface area (TPSA) is 112 Å². The maximum atomic E-state index is 12.8. The summed E-state index contributed by atoms with van der Waals surface area (Å²) in [5.74, 6) is -0.135. The standard InChI is InChI=1S/C28H39N3O5.C3H8/c1-29-13-3-4-21-5-7-24(30-19-21)8-10-27(33)31-14-11-20(12-15-31)16-23(18-28(34)35)22-6-9-25(32)26(17-22)36-2;1-3-2/h5-7,9,17,19-20,23,29,32H,3-4,8,10-16,18H2,1-2H3,(H,34,35);3H2,1-2H3. The number of aliphatic carboxylic acids is 1. The Hall–Kier alpha value is -3.13. The lowest BCUT2D eigenvalue weighted by molar-refractivity contribution is -0.137. The van der Waals surface area contributed by atoms with Gasteiger partial charge in [-0.2, -0.15) is 0 Å². The third-order valence-electron chi connectivity index (χ3n) is 7.05. The van der Waals surface area contributed by atoms with Gasteiger partial charge in [0.1, 0.15) is 0 Å². The zero-order chi connectivity index (χ0) is 28.6. The number of ether oxygens (including phenoxy) is 1. The van der Waals surface area contributed by atoms with Gasteiger partial charge >= 0.3 is 5.97 Å². The zero-order valence-electron chi connectivity index (χ0n) is 24.1. The molecule has 8 nitrogen and oxygen atoms in total. The number of benzene rings is 1. The number of nitrogens with one attached hydrogen (secondary N) is 1. The van der Waals surface area contributed by atoms with Crippen molar-refractivity contribution in [2.45, 2.75) is 77.6 Å². The fraction of sp³-hybridized carbons (Fsp3) is 0.581. The van der Waals surface area contributed by atoms with E-state index in [0.29, 0.717) is 37.6 Å². The van der Waals surface area contributed by atoms with Crippen LogP contribution in [0, 0.1) is 5.92 Å². The molecule has 2 aromatic rings. The van der Waals surface area contributed by atoms with E-state index in [4.69, 9.17) is 4.74 Å². The average Bonchev–Trinajstić information content (AvgIpc) is 2.93. The Morgan fingerprint density at radius 3 is 2.46 bits per heavy atom. The van der Waals surface area contributed by atoms with Crippen LogP contribution >= 0.6 is 0 Å². The van der Waals surface area contributed by atoms with Crippen molar-refractivity contribution in [3.63, 3.8) is 0 Å². The van der Waals surface area contributed by atoms with Crippen LogP contribution in [0.1, 0.15) is 81.5 Å². The van der Waals surface area contributed by atoms with E-state index >= 15 is 0 Å². The van der Waals surface area contributed by atoms with Gasteiger partial charge in [-0.15, -0.1) is 0 Å². The number of carboxylic acid groups (broad SMARTS) is 1. The summed E-state index contributed by atoms with van der Waals surface area (Å²) in [6.45, 7) is 6.62. The van der Waals surface area contributed by atoms with Crippen molar-refractivity contribution in [2.24, 2.45) is 5.92 Å². The van der Waals surface area contributed by atoms with E-state index < -0.39 is 5.97 Å². The molecule has 3 rings (SSSR count). The number of pyridine rings is 1. The number of carbonyl (C=O) groups is 2. The van der Waals surface area contributed by atoms with Crippen LogP contribution in [0.25, 0.3) is 0 Å². The number of likely N-dealkylation sites (tertiary alicyclic amines) is 1. The Morgan fingerprint density at radius 1 is 1.15 bits per heavy atom. The molecule has 0 saturated carbocycles. The molecule has 0 aliphatic carbocycles. The highest BCUT2D eigenvalue weighted by atomic mass is 16.5. The minimum atomic E-state index is -0.848. The smallest absolute Gasteiger partial charge is 0.303 e. The molecule has 1 amide bonds. The van der Waals surface area contributed by atoms with Gasteiger partial charge in [0, 0.05) is 31.4 Å². The minimum Gasteiger partial charge on any atom is -0.504 e. The second-order valence-corrected chi connectivity index (χ2v) is 10.4. The van der Waals surface area contributed by atoms with Crippen LogP contribution in [-0.4, -0.2) is 65.8 Å². The van der Waals surface area contributed by atoms with Gasteiger partial charge < -0.3 is 25.2 Å². The first-order valence-electron chi connectivity index (χ1n) is 14.3. The number of aryl methyl sites for hydroxylation is 2. The monoisotopic (exact) mass is 541 g/mol. The number of carbonyl (C=O) groups excluding carboxylic acids is 1. The number of phenolic OH excluding ortho intramolecular Hbond substituents is 1. The molecule has 1 fully saturated rings. The first kappa shape index (κ1) is 32.1. The van der Waals surface area contributed by atoms with Crippen LogP contribution in [0.4, 0.5) is 0 Å². The third-order valence-corrected chi connectivity index (χ3v) is 7.05. The molecule has 0 bridgehead atoms. The number of aromatic nitrogens is 1. The molecular weight excluding hydrogens is 494 g/mol. The van der Waals surface area contributed by atoms with Gasteiger partial charge in [0.05, 0.1) is 13.5 Å². The van der Waals surface area contributed by atoms with E-state index in [0.717, 1.165) is 49.9 Å². The molecule has 8 heteroatoms. The number of aromatic hydroxyl groups is 1. The largest absolute Gasteiger partial charge is 0.504 e. The Balaban J connectivity index is 0.00000170. The van der Waals surface area contributed by atoms with Crippen LogP contribution in [-0.2, 0) is 22.4 Å². The average molecular weight is 542 g/mol. The van der Waals surface area contributed by atoms with E-state index in [9.17, 15) is 19.8 Å². The highest BCUT2D eigenvalue weighted by Crippen LogP contribution is 2.36. The number of phenols is 1. The van der Waals surface area contributed by atoms with Gasteiger partial charge in [0.2, 0.25) is 5.91 Å². The first-order valence-corrected chi connectivity index (χ1v) is 14.3. The van der Waals surface area contributed by atoms with Crippen molar-refractivity contribution in [3.8, 4) is 11.5 Å². The minimum absolute atomic E-state index is 0.0222. The number of piperidine rings is 1. The number of methoxy groups -OCH3 is 1. The molecule has 1 atom stereocenters. The molecule has 2 heterocycles. The fourth-order valence-corrected chi connectivity index (χ4v) is 4.93. The van der Waals surface area contributed by atoms with Gasteiger partial charge in [0.15, 0.2) is 11.5 Å². The molecule has 1 unspecified atom stereocenters. The summed E-state index contributed by atoms with van der Waals surface area (Å²) in [6, 6.07) is 9.18. The van der Waals surface area contributed by atoms with E-state index in [1.165, 1.54) is 19.1 Å². The summed E-state index contributed by atoms with van der Waals surface area (Å²) in [5, 5.41) is 22.5. The molecule has 216 valence electrons. The van der Waals surface area contributed by atoms with Gasteiger partial charge in [-0.3, -0.25) is 14.6 Å². The lowest BCUT2D eigenvalue weighted by Gasteiger charge is -2.33. The van der Waals surface area contributed by atoms with Gasteiger partial charge in [-0.25, -0.2) is 0 Å². The van der Waals surface area contributed by atoms with Crippen molar-refractivity contribution in [1.29, 1.82) is 0 Å². The second-order valence-electron chi connectivity index (χ2n) is 10.4. The van der Waals surface area contributed by atoms with E-state index in [1.807, 2.05) is 24.2 Å². The summed E-state index contributed by atoms with van der Waals surface area (Å²) in [6.07, 6.45) is 8.79. The first-order chi connectivity index (χ1) is 18.8. The molecule has 39 heavy (non-hydrogen) atoms. The van der Waals surface area contributed by atoms with Crippen molar-refractivity contribution in [1.82, 2.24) is 15.2 Å². The van der Waals surface area contributed by atoms with Crippen LogP contribution in [0.5, 0.6) is 11.5 Å². The van der Waals surface area contributed by atoms with E-state index in [2.05, 4.69) is 30.2 Å². The highest BCUT2D eigenvalue weighted by Gasteiger charge is 2.27. The van der Waals surface area contributed by atoms with Crippen LogP contribution in [0.15, 0.2) is 36.5 Å². The molecule has 0 radical (unpaired) electrons. The lowest BCUT2D eigenvalue weighted by atomic mass is 9.82. The maximum absolute atomic E-state index is 12.8.